The molecule has 1 N–H and O–H groups in total. The van der Waals surface area contributed by atoms with Gasteiger partial charge in [-0.1, -0.05) is 72.8 Å². The lowest BCUT2D eigenvalue weighted by molar-refractivity contribution is 0.0511. The number of benzene rings is 3. The normalized spacial score (nSPS) is 12.1. The molecule has 0 bridgehead atoms. The van der Waals surface area contributed by atoms with Gasteiger partial charge in [0.1, 0.15) is 5.75 Å². The van der Waals surface area contributed by atoms with E-state index in [4.69, 9.17) is 9.47 Å². The number of rotatable bonds is 11. The van der Waals surface area contributed by atoms with E-state index in [2.05, 4.69) is 65.6 Å². The predicted octanol–water partition coefficient (Wildman–Crippen LogP) is 4.28. The van der Waals surface area contributed by atoms with Gasteiger partial charge in [-0.2, -0.15) is 0 Å². The summed E-state index contributed by atoms with van der Waals surface area (Å²) in [5.41, 5.74) is 3.65. The van der Waals surface area contributed by atoms with E-state index in [1.165, 1.54) is 16.7 Å². The van der Waals surface area contributed by atoms with E-state index >= 15 is 0 Å². The number of aliphatic hydroxyl groups excluding tert-OH is 1. The van der Waals surface area contributed by atoms with Crippen molar-refractivity contribution in [3.05, 3.63) is 102 Å². The molecule has 0 amide bonds. The summed E-state index contributed by atoms with van der Waals surface area (Å²) in [6.07, 6.45) is 0.765. The van der Waals surface area contributed by atoms with Gasteiger partial charge in [0, 0.05) is 26.2 Å². The molecule has 3 aromatic rings. The molecule has 0 heterocycles. The third-order valence-corrected chi connectivity index (χ3v) is 4.92. The minimum absolute atomic E-state index is 0.0150. The molecular formula is C25H29NO3. The van der Waals surface area contributed by atoms with Crippen LogP contribution in [0.15, 0.2) is 84.9 Å². The van der Waals surface area contributed by atoms with Crippen LogP contribution < -0.4 is 4.74 Å². The third-order valence-electron chi connectivity index (χ3n) is 4.92. The highest BCUT2D eigenvalue weighted by molar-refractivity contribution is 5.28. The summed E-state index contributed by atoms with van der Waals surface area (Å²) in [7, 11) is 1.61. The quantitative estimate of drug-likeness (QED) is 0.496. The zero-order chi connectivity index (χ0) is 20.3. The standard InChI is InChI=1S/C25H29NO3/c1-28-20-29-25-14-12-21(13-15-25)16-24(19-27)26(17-22-8-4-2-5-9-22)18-23-10-6-3-7-11-23/h2-15,24,27H,16-20H2,1H3/t24-/m0/s1. The number of methoxy groups -OCH3 is 1. The maximum absolute atomic E-state index is 10.2. The summed E-state index contributed by atoms with van der Waals surface area (Å²) in [6.45, 7) is 1.91. The summed E-state index contributed by atoms with van der Waals surface area (Å²) >= 11 is 0. The van der Waals surface area contributed by atoms with Gasteiger partial charge < -0.3 is 14.6 Å². The van der Waals surface area contributed by atoms with E-state index in [1.807, 2.05) is 24.3 Å². The van der Waals surface area contributed by atoms with Crippen molar-refractivity contribution in [2.24, 2.45) is 0 Å². The molecule has 0 aliphatic carbocycles. The van der Waals surface area contributed by atoms with Crippen LogP contribution in [0, 0.1) is 0 Å². The lowest BCUT2D eigenvalue weighted by Gasteiger charge is -2.31. The molecule has 0 aliphatic heterocycles. The fraction of sp³-hybridized carbons (Fsp3) is 0.280. The van der Waals surface area contributed by atoms with Gasteiger partial charge in [-0.3, -0.25) is 4.90 Å². The van der Waals surface area contributed by atoms with Gasteiger partial charge in [-0.05, 0) is 35.2 Å². The van der Waals surface area contributed by atoms with Crippen LogP contribution in [-0.4, -0.2) is 36.6 Å². The molecule has 0 aromatic heterocycles. The molecule has 152 valence electrons. The Bertz CT molecular complexity index is 780. The first kappa shape index (κ1) is 21.1. The highest BCUT2D eigenvalue weighted by Gasteiger charge is 2.19. The Morgan fingerprint density at radius 1 is 0.759 bits per heavy atom. The Morgan fingerprint density at radius 3 is 1.79 bits per heavy atom. The molecule has 3 aromatic carbocycles. The zero-order valence-electron chi connectivity index (χ0n) is 16.9. The monoisotopic (exact) mass is 391 g/mol. The van der Waals surface area contributed by atoms with Crippen LogP contribution in [0.3, 0.4) is 0 Å². The molecule has 4 nitrogen and oxygen atoms in total. The van der Waals surface area contributed by atoms with Crippen LogP contribution in [0.25, 0.3) is 0 Å². The number of hydrogen-bond acceptors (Lipinski definition) is 4. The molecule has 0 fully saturated rings. The van der Waals surface area contributed by atoms with Crippen molar-refractivity contribution in [3.8, 4) is 5.75 Å². The first-order valence-electron chi connectivity index (χ1n) is 9.92. The Hall–Kier alpha value is -2.66. The van der Waals surface area contributed by atoms with Gasteiger partial charge >= 0.3 is 0 Å². The highest BCUT2D eigenvalue weighted by Crippen LogP contribution is 2.19. The maximum atomic E-state index is 10.2. The number of aliphatic hydroxyl groups is 1. The van der Waals surface area contributed by atoms with E-state index < -0.39 is 0 Å². The van der Waals surface area contributed by atoms with Crippen LogP contribution >= 0.6 is 0 Å². The highest BCUT2D eigenvalue weighted by atomic mass is 16.7. The number of hydrogen-bond donors (Lipinski definition) is 1. The van der Waals surface area contributed by atoms with Gasteiger partial charge in [-0.15, -0.1) is 0 Å². The van der Waals surface area contributed by atoms with Crippen LogP contribution in [0.5, 0.6) is 5.75 Å². The number of ether oxygens (including phenoxy) is 2. The second-order valence-corrected chi connectivity index (χ2v) is 7.11. The summed E-state index contributed by atoms with van der Waals surface area (Å²) in [5.74, 6) is 0.779. The van der Waals surface area contributed by atoms with E-state index in [9.17, 15) is 5.11 Å². The zero-order valence-corrected chi connectivity index (χ0v) is 16.9. The molecule has 4 heteroatoms. The summed E-state index contributed by atoms with van der Waals surface area (Å²) < 4.78 is 10.4. The van der Waals surface area contributed by atoms with Crippen molar-refractivity contribution >= 4 is 0 Å². The van der Waals surface area contributed by atoms with E-state index in [0.29, 0.717) is 0 Å². The Morgan fingerprint density at radius 2 is 1.31 bits per heavy atom. The Kier molecular flexibility index (Phi) is 8.25. The van der Waals surface area contributed by atoms with Crippen molar-refractivity contribution < 1.29 is 14.6 Å². The second-order valence-electron chi connectivity index (χ2n) is 7.11. The van der Waals surface area contributed by atoms with Gasteiger partial charge in [0.15, 0.2) is 6.79 Å². The SMILES string of the molecule is COCOc1ccc(C[C@@H](CO)N(Cc2ccccc2)Cc2ccccc2)cc1. The van der Waals surface area contributed by atoms with Crippen LogP contribution in [-0.2, 0) is 24.2 Å². The molecule has 0 unspecified atom stereocenters. The number of nitrogens with zero attached hydrogens (tertiary/aromatic N) is 1. The third kappa shape index (κ3) is 6.71. The van der Waals surface area contributed by atoms with E-state index in [1.54, 1.807) is 7.11 Å². The van der Waals surface area contributed by atoms with Crippen LogP contribution in [0.2, 0.25) is 0 Å². The molecule has 29 heavy (non-hydrogen) atoms. The van der Waals surface area contributed by atoms with E-state index in [0.717, 1.165) is 25.3 Å². The molecule has 0 saturated heterocycles. The van der Waals surface area contributed by atoms with Gasteiger partial charge in [0.25, 0.3) is 0 Å². The largest absolute Gasteiger partial charge is 0.468 e. The topological polar surface area (TPSA) is 41.9 Å². The first-order chi connectivity index (χ1) is 14.3. The van der Waals surface area contributed by atoms with Crippen LogP contribution in [0.4, 0.5) is 0 Å². The summed E-state index contributed by atoms with van der Waals surface area (Å²) in [4.78, 5) is 2.35. The van der Waals surface area contributed by atoms with Gasteiger partial charge in [0.05, 0.1) is 6.61 Å². The Balaban J connectivity index is 1.74. The van der Waals surface area contributed by atoms with Crippen molar-refractivity contribution in [2.75, 3.05) is 20.5 Å². The van der Waals surface area contributed by atoms with Crippen molar-refractivity contribution in [1.29, 1.82) is 0 Å². The average Bonchev–Trinajstić information content (AvgIpc) is 2.78. The fourth-order valence-electron chi connectivity index (χ4n) is 3.38. The minimum Gasteiger partial charge on any atom is -0.468 e. The lowest BCUT2D eigenvalue weighted by Crippen LogP contribution is -2.38. The van der Waals surface area contributed by atoms with Gasteiger partial charge in [-0.25, -0.2) is 0 Å². The van der Waals surface area contributed by atoms with E-state index in [-0.39, 0.29) is 19.4 Å². The molecule has 1 atom stereocenters. The molecule has 0 radical (unpaired) electrons. The predicted molar refractivity (Wildman–Crippen MR) is 116 cm³/mol. The Labute approximate surface area is 173 Å². The maximum Gasteiger partial charge on any atom is 0.188 e. The molecule has 0 spiro atoms. The molecular weight excluding hydrogens is 362 g/mol. The molecule has 3 rings (SSSR count). The molecule has 0 aliphatic rings. The average molecular weight is 392 g/mol. The summed E-state index contributed by atoms with van der Waals surface area (Å²) in [5, 5.41) is 10.2. The van der Waals surface area contributed by atoms with Crippen molar-refractivity contribution in [3.63, 3.8) is 0 Å². The first-order valence-corrected chi connectivity index (χ1v) is 9.92. The van der Waals surface area contributed by atoms with Gasteiger partial charge in [0.2, 0.25) is 0 Å². The minimum atomic E-state index is 0.0150. The molecule has 0 saturated carbocycles. The summed E-state index contributed by atoms with van der Waals surface area (Å²) in [6, 6.07) is 28.8. The van der Waals surface area contributed by atoms with Crippen LogP contribution in [0.1, 0.15) is 16.7 Å². The van der Waals surface area contributed by atoms with Crippen molar-refractivity contribution in [1.82, 2.24) is 4.90 Å². The van der Waals surface area contributed by atoms with Crippen molar-refractivity contribution in [2.45, 2.75) is 25.6 Å². The fourth-order valence-corrected chi connectivity index (χ4v) is 3.38. The second kappa shape index (κ2) is 11.4. The smallest absolute Gasteiger partial charge is 0.188 e. The lowest BCUT2D eigenvalue weighted by atomic mass is 10.0.